The van der Waals surface area contributed by atoms with Crippen molar-refractivity contribution in [2.45, 2.75) is 44.9 Å². The third-order valence-electron chi connectivity index (χ3n) is 12.8. The molecule has 3 aromatic heterocycles. The van der Waals surface area contributed by atoms with Crippen molar-refractivity contribution in [3.63, 3.8) is 0 Å². The number of allylic oxidation sites excluding steroid dienone is 1. The maximum atomic E-state index is 5.92. The van der Waals surface area contributed by atoms with Gasteiger partial charge in [-0.2, -0.15) is 0 Å². The Balaban J connectivity index is 1.21. The quantitative estimate of drug-likeness (QED) is 0.168. The summed E-state index contributed by atoms with van der Waals surface area (Å²) >= 11 is 1.94. The minimum absolute atomic E-state index is 0.0673. The highest BCUT2D eigenvalue weighted by Gasteiger charge is 2.30. The van der Waals surface area contributed by atoms with E-state index < -0.39 is 0 Å². The van der Waals surface area contributed by atoms with Crippen LogP contribution in [0.3, 0.4) is 0 Å². The van der Waals surface area contributed by atoms with E-state index in [9.17, 15) is 0 Å². The molecular weight excluding hydrogens is 711 g/mol. The Kier molecular flexibility index (Phi) is 7.46. The molecule has 0 spiro atoms. The van der Waals surface area contributed by atoms with Crippen molar-refractivity contribution in [1.29, 1.82) is 0 Å². The van der Waals surface area contributed by atoms with Crippen LogP contribution in [0.15, 0.2) is 157 Å². The van der Waals surface area contributed by atoms with Gasteiger partial charge in [-0.15, -0.1) is 11.3 Å². The van der Waals surface area contributed by atoms with Crippen molar-refractivity contribution in [2.24, 2.45) is 10.9 Å². The number of benzene rings is 7. The molecule has 4 heterocycles. The van der Waals surface area contributed by atoms with Gasteiger partial charge in [0.05, 0.1) is 27.8 Å². The molecule has 0 radical (unpaired) electrons. The van der Waals surface area contributed by atoms with Gasteiger partial charge in [0, 0.05) is 53.3 Å². The van der Waals surface area contributed by atoms with Crippen LogP contribution in [0.5, 0.6) is 0 Å². The second-order valence-electron chi connectivity index (χ2n) is 16.2. The third-order valence-corrected chi connectivity index (χ3v) is 14.1. The Morgan fingerprint density at radius 1 is 0.596 bits per heavy atom. The van der Waals surface area contributed by atoms with E-state index in [1.54, 1.807) is 0 Å². The maximum absolute atomic E-state index is 5.92. The van der Waals surface area contributed by atoms with Gasteiger partial charge in [-0.1, -0.05) is 122 Å². The molecule has 1 aliphatic carbocycles. The van der Waals surface area contributed by atoms with Crippen LogP contribution < -0.4 is 0 Å². The van der Waals surface area contributed by atoms with Gasteiger partial charge in [-0.3, -0.25) is 4.57 Å². The van der Waals surface area contributed by atoms with Gasteiger partial charge in [0.2, 0.25) is 0 Å². The number of fused-ring (bicyclic) bond motifs is 12. The fraction of sp³-hybridized carbons (Fsp3) is 0.151. The second-order valence-corrected chi connectivity index (χ2v) is 17.3. The number of rotatable bonds is 2. The Morgan fingerprint density at radius 3 is 2.21 bits per heavy atom. The van der Waals surface area contributed by atoms with Crippen LogP contribution in [-0.4, -0.2) is 15.0 Å². The minimum Gasteiger partial charge on any atom is -0.309 e. The normalized spacial score (nSPS) is 17.2. The van der Waals surface area contributed by atoms with Gasteiger partial charge in [-0.25, -0.2) is 4.99 Å². The van der Waals surface area contributed by atoms with Gasteiger partial charge in [0.15, 0.2) is 0 Å². The van der Waals surface area contributed by atoms with E-state index in [0.29, 0.717) is 5.92 Å². The lowest BCUT2D eigenvalue weighted by Crippen LogP contribution is -2.22. The number of aliphatic imine (C=N–C) groups is 1. The Labute approximate surface area is 335 Å². The summed E-state index contributed by atoms with van der Waals surface area (Å²) < 4.78 is 7.75. The summed E-state index contributed by atoms with van der Waals surface area (Å²) in [5.41, 5.74) is 12.6. The molecule has 2 aliphatic rings. The molecule has 7 aromatic carbocycles. The van der Waals surface area contributed by atoms with E-state index in [1.165, 1.54) is 86.0 Å². The summed E-state index contributed by atoms with van der Waals surface area (Å²) in [5, 5.41) is 7.84. The summed E-state index contributed by atoms with van der Waals surface area (Å²) in [4.78, 5) is 5.92. The number of para-hydroxylation sites is 3. The van der Waals surface area contributed by atoms with E-state index in [4.69, 9.17) is 4.99 Å². The highest BCUT2D eigenvalue weighted by molar-refractivity contribution is 7.26. The van der Waals surface area contributed by atoms with Crippen molar-refractivity contribution < 1.29 is 0 Å². The van der Waals surface area contributed by atoms with Crippen molar-refractivity contribution in [2.75, 3.05) is 0 Å². The molecule has 57 heavy (non-hydrogen) atoms. The van der Waals surface area contributed by atoms with Gasteiger partial charge in [0.25, 0.3) is 0 Å². The molecule has 2 atom stereocenters. The van der Waals surface area contributed by atoms with Crippen molar-refractivity contribution in [3.8, 4) is 5.69 Å². The fourth-order valence-electron chi connectivity index (χ4n) is 10.2. The molecule has 0 N–H and O–H groups in total. The molecule has 0 saturated heterocycles. The zero-order chi connectivity index (χ0) is 37.6. The van der Waals surface area contributed by atoms with Gasteiger partial charge < -0.3 is 4.57 Å². The lowest BCUT2D eigenvalue weighted by molar-refractivity contribution is 0.500. The molecule has 1 unspecified atom stereocenters. The number of thiophene rings is 1. The summed E-state index contributed by atoms with van der Waals surface area (Å²) in [6.07, 6.45) is 10.0. The largest absolute Gasteiger partial charge is 0.309 e. The molecule has 0 saturated carbocycles. The smallest absolute Gasteiger partial charge is 0.121 e. The number of aryl methyl sites for hydroxylation is 1. The van der Waals surface area contributed by atoms with E-state index in [2.05, 4.69) is 174 Å². The number of aromatic nitrogens is 2. The van der Waals surface area contributed by atoms with Crippen LogP contribution in [0.2, 0.25) is 0 Å². The zero-order valence-electron chi connectivity index (χ0n) is 32.0. The lowest BCUT2D eigenvalue weighted by Gasteiger charge is -2.24. The number of hydrogen-bond donors (Lipinski definition) is 0. The van der Waals surface area contributed by atoms with Crippen molar-refractivity contribution in [1.82, 2.24) is 9.13 Å². The summed E-state index contributed by atoms with van der Waals surface area (Å²) in [7, 11) is 0. The summed E-state index contributed by atoms with van der Waals surface area (Å²) in [6, 6.07) is 54.4. The maximum Gasteiger partial charge on any atom is 0.121 e. The molecule has 4 heteroatoms. The van der Waals surface area contributed by atoms with Gasteiger partial charge >= 0.3 is 0 Å². The second kappa shape index (κ2) is 12.9. The Bertz CT molecular complexity index is 3260. The highest BCUT2D eigenvalue weighted by Crippen LogP contribution is 2.45. The van der Waals surface area contributed by atoms with E-state index >= 15 is 0 Å². The molecule has 3 nitrogen and oxygen atoms in total. The molecule has 12 rings (SSSR count). The molecule has 0 amide bonds. The monoisotopic (exact) mass is 751 g/mol. The van der Waals surface area contributed by atoms with E-state index in [-0.39, 0.29) is 5.92 Å². The van der Waals surface area contributed by atoms with Crippen molar-refractivity contribution in [3.05, 3.63) is 174 Å². The van der Waals surface area contributed by atoms with Gasteiger partial charge in [-0.05, 0) is 103 Å². The number of hydrogen-bond acceptors (Lipinski definition) is 2. The van der Waals surface area contributed by atoms with Crippen LogP contribution in [0.1, 0.15) is 54.4 Å². The first kappa shape index (κ1) is 33.0. The lowest BCUT2D eigenvalue weighted by atomic mass is 9.87. The first-order chi connectivity index (χ1) is 28.2. The average Bonchev–Trinajstić information content (AvgIpc) is 3.92. The minimum atomic E-state index is 0.0673. The van der Waals surface area contributed by atoms with Crippen LogP contribution in [-0.2, 0) is 12.8 Å². The van der Waals surface area contributed by atoms with Crippen LogP contribution in [0.4, 0.5) is 5.69 Å². The predicted molar refractivity (Wildman–Crippen MR) is 244 cm³/mol. The van der Waals surface area contributed by atoms with Crippen LogP contribution >= 0.6 is 11.3 Å². The SMILES string of the molecule is C[C@H]1CCC(c2cccc3c2sc2ccccc23)C(n2c3cc(-n4c5ccccc5c5ccccc54)ccc3c3c4c(ccc32)CCC=C4)=Nc2ccccc2C1. The molecule has 274 valence electrons. The first-order valence-corrected chi connectivity index (χ1v) is 21.3. The number of nitrogens with zero attached hydrogens (tertiary/aromatic N) is 3. The molecular formula is C53H41N3S. The average molecular weight is 752 g/mol. The molecule has 0 bridgehead atoms. The van der Waals surface area contributed by atoms with E-state index in [1.807, 2.05) is 11.3 Å². The fourth-order valence-corrected chi connectivity index (χ4v) is 11.5. The first-order valence-electron chi connectivity index (χ1n) is 20.5. The van der Waals surface area contributed by atoms with Crippen molar-refractivity contribution >= 4 is 92.7 Å². The van der Waals surface area contributed by atoms with E-state index in [0.717, 1.165) is 49.3 Å². The van der Waals surface area contributed by atoms with Gasteiger partial charge in [0.1, 0.15) is 5.84 Å². The van der Waals surface area contributed by atoms with Crippen LogP contribution in [0, 0.1) is 5.92 Å². The Hall–Kier alpha value is -6.23. The highest BCUT2D eigenvalue weighted by atomic mass is 32.1. The summed E-state index contributed by atoms with van der Waals surface area (Å²) in [5.74, 6) is 1.71. The third kappa shape index (κ3) is 5.06. The zero-order valence-corrected chi connectivity index (χ0v) is 32.8. The summed E-state index contributed by atoms with van der Waals surface area (Å²) in [6.45, 7) is 2.43. The van der Waals surface area contributed by atoms with Crippen LogP contribution in [0.25, 0.3) is 75.5 Å². The standard InChI is InChI=1S/C53H41N3S/c1-33-25-28-43(42-20-12-19-41-40-18-7-11-24-50(40)57-52(41)42)53(54-45-21-8-3-14-35(45)31-33)56-48-30-26-34-13-2-4-15-37(34)51(48)44-29-27-36(32-49(44)56)55-46-22-9-5-16-38(46)39-17-6-10-23-47(39)55/h3-12,14-24,26-27,29-30,32-33,43H,2,13,25,28,31H2,1H3/t33-,43?/m0/s1. The predicted octanol–water partition coefficient (Wildman–Crippen LogP) is 14.6. The Morgan fingerprint density at radius 2 is 1.35 bits per heavy atom. The molecule has 0 fully saturated rings. The molecule has 10 aromatic rings. The topological polar surface area (TPSA) is 22.2 Å². The molecule has 1 aliphatic heterocycles.